The summed E-state index contributed by atoms with van der Waals surface area (Å²) >= 11 is 0. The number of allylic oxidation sites excluding steroid dienone is 2. The summed E-state index contributed by atoms with van der Waals surface area (Å²) in [6, 6.07) is 0.151. The number of aromatic nitrogens is 4. The Hall–Kier alpha value is -1.52. The molecule has 1 aliphatic carbocycles. The molecule has 0 N–H and O–H groups in total. The summed E-state index contributed by atoms with van der Waals surface area (Å²) in [4.78, 5) is 10.8. The van der Waals surface area contributed by atoms with Gasteiger partial charge in [0.1, 0.15) is 6.33 Å². The molecule has 2 rings (SSSR count). The molecule has 1 unspecified atom stereocenters. The quantitative estimate of drug-likeness (QED) is 0.592. The summed E-state index contributed by atoms with van der Waals surface area (Å²) in [5.74, 6) is 0.180. The Morgan fingerprint density at radius 1 is 1.58 bits per heavy atom. The van der Waals surface area contributed by atoms with E-state index in [1.54, 1.807) is 17.1 Å². The maximum Gasteiger partial charge on any atom is 0.155 e. The molecule has 0 amide bonds. The zero-order chi connectivity index (χ0) is 8.39. The zero-order valence-corrected chi connectivity index (χ0v) is 6.42. The van der Waals surface area contributed by atoms with Crippen LogP contribution in [-0.4, -0.2) is 26.0 Å². The van der Waals surface area contributed by atoms with E-state index >= 15 is 0 Å². The molecule has 0 aliphatic heterocycles. The van der Waals surface area contributed by atoms with Gasteiger partial charge in [0.15, 0.2) is 5.78 Å². The van der Waals surface area contributed by atoms with Crippen LogP contribution in [0.15, 0.2) is 18.5 Å². The first kappa shape index (κ1) is 7.15. The second-order valence-corrected chi connectivity index (χ2v) is 2.72. The highest BCUT2D eigenvalue weighted by atomic mass is 16.1. The van der Waals surface area contributed by atoms with E-state index in [1.165, 1.54) is 0 Å². The molecule has 5 nitrogen and oxygen atoms in total. The van der Waals surface area contributed by atoms with Crippen LogP contribution < -0.4 is 0 Å². The number of carbonyl (C=O) groups excluding carboxylic acids is 1. The maximum absolute atomic E-state index is 10.8. The molecular weight excluding hydrogens is 156 g/mol. The van der Waals surface area contributed by atoms with Crippen molar-refractivity contribution in [2.45, 2.75) is 18.9 Å². The van der Waals surface area contributed by atoms with Crippen LogP contribution in [0.4, 0.5) is 0 Å². The van der Waals surface area contributed by atoms with Crippen LogP contribution in [0.5, 0.6) is 0 Å². The first-order chi connectivity index (χ1) is 5.86. The van der Waals surface area contributed by atoms with E-state index in [-0.39, 0.29) is 11.8 Å². The van der Waals surface area contributed by atoms with E-state index in [1.807, 2.05) is 6.08 Å². The van der Waals surface area contributed by atoms with Crippen LogP contribution in [0, 0.1) is 0 Å². The average molecular weight is 164 g/mol. The summed E-state index contributed by atoms with van der Waals surface area (Å²) in [6.07, 6.45) is 6.37. The lowest BCUT2D eigenvalue weighted by atomic mass is 10.0. The van der Waals surface area contributed by atoms with Gasteiger partial charge in [-0.15, -0.1) is 5.10 Å². The van der Waals surface area contributed by atoms with Gasteiger partial charge in [0.25, 0.3) is 0 Å². The molecule has 1 heterocycles. The zero-order valence-electron chi connectivity index (χ0n) is 6.42. The minimum Gasteiger partial charge on any atom is -0.295 e. The summed E-state index contributed by atoms with van der Waals surface area (Å²) in [7, 11) is 0. The van der Waals surface area contributed by atoms with Crippen LogP contribution in [0.3, 0.4) is 0 Å². The van der Waals surface area contributed by atoms with Crippen LogP contribution in [0.1, 0.15) is 18.9 Å². The molecule has 0 bridgehead atoms. The topological polar surface area (TPSA) is 60.7 Å². The summed E-state index contributed by atoms with van der Waals surface area (Å²) in [5, 5.41) is 10.8. The highest BCUT2D eigenvalue weighted by Crippen LogP contribution is 2.18. The molecule has 0 aromatic carbocycles. The van der Waals surface area contributed by atoms with E-state index in [9.17, 15) is 4.79 Å². The van der Waals surface area contributed by atoms with E-state index in [2.05, 4.69) is 15.5 Å². The number of rotatable bonds is 1. The van der Waals surface area contributed by atoms with Crippen LogP contribution >= 0.6 is 0 Å². The van der Waals surface area contributed by atoms with Crippen molar-refractivity contribution < 1.29 is 4.79 Å². The van der Waals surface area contributed by atoms with Gasteiger partial charge in [-0.2, -0.15) is 0 Å². The number of tetrazole rings is 1. The minimum atomic E-state index is 0.151. The van der Waals surface area contributed by atoms with Gasteiger partial charge in [-0.1, -0.05) is 6.08 Å². The van der Waals surface area contributed by atoms with Crippen molar-refractivity contribution >= 4 is 5.78 Å². The predicted molar refractivity (Wildman–Crippen MR) is 40.2 cm³/mol. The Balaban J connectivity index is 2.17. The highest BCUT2D eigenvalue weighted by Gasteiger charge is 2.14. The highest BCUT2D eigenvalue weighted by molar-refractivity contribution is 5.90. The lowest BCUT2D eigenvalue weighted by Gasteiger charge is -2.13. The van der Waals surface area contributed by atoms with E-state index < -0.39 is 0 Å². The third-order valence-corrected chi connectivity index (χ3v) is 1.90. The van der Waals surface area contributed by atoms with Gasteiger partial charge >= 0.3 is 0 Å². The van der Waals surface area contributed by atoms with Crippen LogP contribution in [0.25, 0.3) is 0 Å². The standard InChI is InChI=1S/C7H8N4O/c12-7-3-1-6(2-4-7)11-5-8-9-10-11/h1,3,5-6H,2,4H2. The van der Waals surface area contributed by atoms with Gasteiger partial charge in [-0.05, 0) is 22.9 Å². The Kier molecular flexibility index (Phi) is 1.69. The van der Waals surface area contributed by atoms with E-state index in [0.717, 1.165) is 6.42 Å². The number of hydrogen-bond donors (Lipinski definition) is 0. The fraction of sp³-hybridized carbons (Fsp3) is 0.429. The van der Waals surface area contributed by atoms with Crippen LogP contribution in [0.2, 0.25) is 0 Å². The number of hydrogen-bond acceptors (Lipinski definition) is 4. The molecule has 1 aromatic heterocycles. The Labute approximate surface area is 69.1 Å². The van der Waals surface area contributed by atoms with E-state index in [4.69, 9.17) is 0 Å². The Morgan fingerprint density at radius 3 is 3.08 bits per heavy atom. The molecule has 12 heavy (non-hydrogen) atoms. The normalized spacial score (nSPS) is 23.0. The molecule has 0 saturated heterocycles. The van der Waals surface area contributed by atoms with Crippen molar-refractivity contribution in [2.24, 2.45) is 0 Å². The first-order valence-corrected chi connectivity index (χ1v) is 3.80. The molecule has 0 saturated carbocycles. The van der Waals surface area contributed by atoms with Crippen molar-refractivity contribution in [3.8, 4) is 0 Å². The van der Waals surface area contributed by atoms with Crippen molar-refractivity contribution in [3.63, 3.8) is 0 Å². The van der Waals surface area contributed by atoms with Crippen molar-refractivity contribution in [2.75, 3.05) is 0 Å². The van der Waals surface area contributed by atoms with Gasteiger partial charge in [0.05, 0.1) is 6.04 Å². The van der Waals surface area contributed by atoms with Gasteiger partial charge in [-0.25, -0.2) is 4.68 Å². The Morgan fingerprint density at radius 2 is 2.50 bits per heavy atom. The molecule has 1 atom stereocenters. The average Bonchev–Trinajstić information content (AvgIpc) is 2.58. The summed E-state index contributed by atoms with van der Waals surface area (Å²) < 4.78 is 1.66. The lowest BCUT2D eigenvalue weighted by Crippen LogP contribution is -2.13. The number of carbonyl (C=O) groups is 1. The monoisotopic (exact) mass is 164 g/mol. The molecule has 0 fully saturated rings. The molecule has 1 aliphatic rings. The number of ketones is 1. The summed E-state index contributed by atoms with van der Waals surface area (Å²) in [6.45, 7) is 0. The molecular formula is C7H8N4O. The molecule has 0 radical (unpaired) electrons. The lowest BCUT2D eigenvalue weighted by molar-refractivity contribution is -0.115. The van der Waals surface area contributed by atoms with Crippen molar-refractivity contribution in [3.05, 3.63) is 18.5 Å². The molecule has 62 valence electrons. The largest absolute Gasteiger partial charge is 0.295 e. The molecule has 0 spiro atoms. The molecule has 1 aromatic rings. The Bertz CT molecular complexity index is 303. The smallest absolute Gasteiger partial charge is 0.155 e. The predicted octanol–water partition coefficient (Wildman–Crippen LogP) is 0.133. The van der Waals surface area contributed by atoms with Crippen molar-refractivity contribution in [1.29, 1.82) is 0 Å². The van der Waals surface area contributed by atoms with Gasteiger partial charge in [0.2, 0.25) is 0 Å². The van der Waals surface area contributed by atoms with Crippen LogP contribution in [-0.2, 0) is 4.79 Å². The fourth-order valence-corrected chi connectivity index (χ4v) is 1.23. The third kappa shape index (κ3) is 1.25. The second kappa shape index (κ2) is 2.84. The third-order valence-electron chi connectivity index (χ3n) is 1.90. The molecule has 5 heteroatoms. The van der Waals surface area contributed by atoms with Gasteiger partial charge in [0, 0.05) is 6.42 Å². The van der Waals surface area contributed by atoms with Crippen molar-refractivity contribution in [1.82, 2.24) is 20.2 Å². The number of nitrogens with zero attached hydrogens (tertiary/aromatic N) is 4. The minimum absolute atomic E-state index is 0.151. The SMILES string of the molecule is O=C1C=CC(n2cnnn2)CC1. The second-order valence-electron chi connectivity index (χ2n) is 2.72. The fourth-order valence-electron chi connectivity index (χ4n) is 1.23. The first-order valence-electron chi connectivity index (χ1n) is 3.80. The van der Waals surface area contributed by atoms with Gasteiger partial charge in [-0.3, -0.25) is 4.79 Å². The van der Waals surface area contributed by atoms with E-state index in [0.29, 0.717) is 6.42 Å². The summed E-state index contributed by atoms with van der Waals surface area (Å²) in [5.41, 5.74) is 0. The maximum atomic E-state index is 10.8. The van der Waals surface area contributed by atoms with Gasteiger partial charge < -0.3 is 0 Å².